The van der Waals surface area contributed by atoms with Crippen LogP contribution in [-0.4, -0.2) is 62.8 Å². The van der Waals surface area contributed by atoms with Gasteiger partial charge in [0.25, 0.3) is 5.56 Å². The summed E-state index contributed by atoms with van der Waals surface area (Å²) in [6.07, 6.45) is -7.02. The van der Waals surface area contributed by atoms with Crippen LogP contribution in [0.1, 0.15) is 24.5 Å². The number of amides is 1. The first kappa shape index (κ1) is 25.4. The van der Waals surface area contributed by atoms with Crippen molar-refractivity contribution in [1.82, 2.24) is 30.0 Å². The molecule has 1 fully saturated rings. The fourth-order valence-electron chi connectivity index (χ4n) is 3.27. The highest BCUT2D eigenvalue weighted by atomic mass is 19.4. The lowest BCUT2D eigenvalue weighted by Crippen LogP contribution is -2.50. The Hall–Kier alpha value is -3.23. The van der Waals surface area contributed by atoms with E-state index in [9.17, 15) is 35.9 Å². The number of carbonyl (C=O) groups is 1. The Morgan fingerprint density at radius 3 is 2.24 bits per heavy atom. The Balaban J connectivity index is 1.48. The Labute approximate surface area is 189 Å². The molecule has 1 amide bonds. The van der Waals surface area contributed by atoms with Crippen molar-refractivity contribution >= 4 is 11.9 Å². The van der Waals surface area contributed by atoms with E-state index in [1.165, 1.54) is 0 Å². The van der Waals surface area contributed by atoms with Crippen molar-refractivity contribution in [3.05, 3.63) is 46.1 Å². The molecule has 0 aliphatic carbocycles. The normalized spacial score (nSPS) is 16.0. The van der Waals surface area contributed by atoms with Crippen molar-refractivity contribution in [3.8, 4) is 0 Å². The smallest absolute Gasteiger partial charge is 0.339 e. The number of rotatable bonds is 6. The lowest BCUT2D eigenvalue weighted by atomic mass is 10.2. The van der Waals surface area contributed by atoms with Crippen LogP contribution in [0, 0.1) is 0 Å². The van der Waals surface area contributed by atoms with Gasteiger partial charge in [-0.15, -0.1) is 0 Å². The Morgan fingerprint density at radius 2 is 1.68 bits per heavy atom. The molecule has 1 aliphatic rings. The summed E-state index contributed by atoms with van der Waals surface area (Å²) in [7, 11) is 0. The zero-order valence-corrected chi connectivity index (χ0v) is 17.9. The van der Waals surface area contributed by atoms with Gasteiger partial charge in [0, 0.05) is 57.2 Å². The molecule has 1 atom stereocenters. The van der Waals surface area contributed by atoms with E-state index in [0.29, 0.717) is 49.3 Å². The second-order valence-corrected chi connectivity index (χ2v) is 7.65. The molecule has 1 aliphatic heterocycles. The number of piperazine rings is 1. The Morgan fingerprint density at radius 1 is 1.06 bits per heavy atom. The Kier molecular flexibility index (Phi) is 7.43. The number of nitrogens with zero attached hydrogens (tertiary/aromatic N) is 6. The molecule has 3 rings (SSSR count). The lowest BCUT2D eigenvalue weighted by molar-refractivity contribution is -0.139. The van der Waals surface area contributed by atoms with Crippen molar-refractivity contribution in [2.45, 2.75) is 38.4 Å². The zero-order valence-electron chi connectivity index (χ0n) is 17.9. The van der Waals surface area contributed by atoms with Crippen molar-refractivity contribution in [2.75, 3.05) is 31.1 Å². The van der Waals surface area contributed by atoms with E-state index in [-0.39, 0.29) is 24.9 Å². The summed E-state index contributed by atoms with van der Waals surface area (Å²) in [6.45, 7) is 2.57. The quantitative estimate of drug-likeness (QED) is 0.613. The van der Waals surface area contributed by atoms with Crippen LogP contribution < -0.4 is 15.8 Å². The second-order valence-electron chi connectivity index (χ2n) is 7.65. The van der Waals surface area contributed by atoms with Crippen LogP contribution in [0.5, 0.6) is 0 Å². The first-order chi connectivity index (χ1) is 15.9. The third-order valence-electron chi connectivity index (χ3n) is 5.17. The average Bonchev–Trinajstić information content (AvgIpc) is 2.77. The van der Waals surface area contributed by atoms with Gasteiger partial charge < -0.3 is 9.80 Å². The maximum Gasteiger partial charge on any atom is 0.421 e. The van der Waals surface area contributed by atoms with Gasteiger partial charge >= 0.3 is 12.4 Å². The van der Waals surface area contributed by atoms with E-state index >= 15 is 0 Å². The average molecular weight is 493 g/mol. The molecule has 3 heterocycles. The van der Waals surface area contributed by atoms with Gasteiger partial charge in [0.15, 0.2) is 0 Å². The summed E-state index contributed by atoms with van der Waals surface area (Å²) < 4.78 is 77.0. The number of hydrogen-bond acceptors (Lipinski definition) is 7. The van der Waals surface area contributed by atoms with Crippen molar-refractivity contribution in [3.63, 3.8) is 0 Å². The molecule has 0 radical (unpaired) electrons. The van der Waals surface area contributed by atoms with Crippen LogP contribution in [0.25, 0.3) is 0 Å². The predicted molar refractivity (Wildman–Crippen MR) is 107 cm³/mol. The minimum Gasteiger partial charge on any atom is -0.339 e. The predicted octanol–water partition coefficient (Wildman–Crippen LogP) is 1.75. The standard InChI is InChI=1S/C19H21F6N7O2/c1-12(28-11-32-16(34)14(2-3-29-32)19(23,24)25)8-15(33)30-4-6-31(7-5-30)17-26-9-13(10-27-17)18(20,21)22/h2-3,9-10,12,28H,4-8,11H2,1H3. The van der Waals surface area contributed by atoms with Gasteiger partial charge in [-0.05, 0) is 13.0 Å². The number of alkyl halides is 6. The van der Waals surface area contributed by atoms with Gasteiger partial charge in [0.05, 0.1) is 12.2 Å². The fraction of sp³-hybridized carbons (Fsp3) is 0.526. The van der Waals surface area contributed by atoms with Crippen LogP contribution in [0.15, 0.2) is 29.5 Å². The summed E-state index contributed by atoms with van der Waals surface area (Å²) in [6, 6.07) is 0.133. The van der Waals surface area contributed by atoms with E-state index in [4.69, 9.17) is 0 Å². The molecule has 2 aromatic rings. The molecule has 0 aromatic carbocycles. The molecule has 2 aromatic heterocycles. The number of nitrogens with one attached hydrogen (secondary N) is 1. The van der Waals surface area contributed by atoms with Crippen LogP contribution >= 0.6 is 0 Å². The van der Waals surface area contributed by atoms with Gasteiger partial charge in [-0.1, -0.05) is 0 Å². The second kappa shape index (κ2) is 9.95. The summed E-state index contributed by atoms with van der Waals surface area (Å²) in [5, 5.41) is 6.42. The molecular formula is C19H21F6N7O2. The summed E-state index contributed by atoms with van der Waals surface area (Å²) in [4.78, 5) is 35.2. The highest BCUT2D eigenvalue weighted by Crippen LogP contribution is 2.28. The Bertz CT molecular complexity index is 1050. The van der Waals surface area contributed by atoms with Gasteiger partial charge in [-0.3, -0.25) is 14.9 Å². The highest BCUT2D eigenvalue weighted by Gasteiger charge is 2.35. The van der Waals surface area contributed by atoms with Crippen LogP contribution in [0.3, 0.4) is 0 Å². The molecule has 0 spiro atoms. The number of hydrogen-bond donors (Lipinski definition) is 1. The first-order valence-electron chi connectivity index (χ1n) is 10.1. The lowest BCUT2D eigenvalue weighted by Gasteiger charge is -2.35. The fourth-order valence-corrected chi connectivity index (χ4v) is 3.27. The van der Waals surface area contributed by atoms with E-state index in [1.54, 1.807) is 16.7 Å². The molecule has 0 bridgehead atoms. The van der Waals surface area contributed by atoms with E-state index in [1.807, 2.05) is 0 Å². The number of carbonyl (C=O) groups excluding carboxylic acids is 1. The van der Waals surface area contributed by atoms with Gasteiger partial charge in [-0.25, -0.2) is 14.6 Å². The largest absolute Gasteiger partial charge is 0.421 e. The minimum atomic E-state index is -4.79. The maximum atomic E-state index is 12.8. The zero-order chi connectivity index (χ0) is 25.1. The SMILES string of the molecule is CC(CC(=O)N1CCN(c2ncc(C(F)(F)F)cn2)CC1)NCn1nccc(C(F)(F)F)c1=O. The molecular weight excluding hydrogens is 472 g/mol. The van der Waals surface area contributed by atoms with Gasteiger partial charge in [-0.2, -0.15) is 31.4 Å². The summed E-state index contributed by atoms with van der Waals surface area (Å²) in [5.74, 6) is -0.0912. The maximum absolute atomic E-state index is 12.8. The molecule has 9 nitrogen and oxygen atoms in total. The topological polar surface area (TPSA) is 96.2 Å². The monoisotopic (exact) mass is 493 g/mol. The molecule has 1 saturated heterocycles. The number of anilines is 1. The number of halogens is 6. The third kappa shape index (κ3) is 6.21. The van der Waals surface area contributed by atoms with Gasteiger partial charge in [0.2, 0.25) is 11.9 Å². The molecule has 186 valence electrons. The molecule has 1 N–H and O–H groups in total. The van der Waals surface area contributed by atoms with E-state index < -0.39 is 35.1 Å². The molecule has 0 saturated carbocycles. The van der Waals surface area contributed by atoms with Crippen molar-refractivity contribution < 1.29 is 31.1 Å². The van der Waals surface area contributed by atoms with Crippen molar-refractivity contribution in [2.24, 2.45) is 0 Å². The van der Waals surface area contributed by atoms with E-state index in [0.717, 1.165) is 6.20 Å². The minimum absolute atomic E-state index is 0.0183. The summed E-state index contributed by atoms with van der Waals surface area (Å²) >= 11 is 0. The molecule has 15 heteroatoms. The van der Waals surface area contributed by atoms with Crippen LogP contribution in [0.2, 0.25) is 0 Å². The summed E-state index contributed by atoms with van der Waals surface area (Å²) in [5.41, 5.74) is -3.57. The van der Waals surface area contributed by atoms with E-state index in [2.05, 4.69) is 20.4 Å². The van der Waals surface area contributed by atoms with Crippen LogP contribution in [-0.2, 0) is 23.8 Å². The molecule has 1 unspecified atom stereocenters. The first-order valence-corrected chi connectivity index (χ1v) is 10.1. The van der Waals surface area contributed by atoms with Gasteiger partial charge in [0.1, 0.15) is 5.56 Å². The molecule has 34 heavy (non-hydrogen) atoms. The van der Waals surface area contributed by atoms with Crippen molar-refractivity contribution in [1.29, 1.82) is 0 Å². The third-order valence-corrected chi connectivity index (χ3v) is 5.17. The number of aromatic nitrogens is 4. The van der Waals surface area contributed by atoms with Crippen LogP contribution in [0.4, 0.5) is 32.3 Å². The highest BCUT2D eigenvalue weighted by molar-refractivity contribution is 5.77.